The van der Waals surface area contributed by atoms with Crippen molar-refractivity contribution < 1.29 is 9.84 Å². The van der Waals surface area contributed by atoms with Gasteiger partial charge in [-0.15, -0.1) is 0 Å². The van der Waals surface area contributed by atoms with Gasteiger partial charge in [-0.3, -0.25) is 0 Å². The van der Waals surface area contributed by atoms with E-state index in [1.807, 2.05) is 0 Å². The summed E-state index contributed by atoms with van der Waals surface area (Å²) < 4.78 is 5.39. The Kier molecular flexibility index (Phi) is 2.70. The average Bonchev–Trinajstić information content (AvgIpc) is 2.93. The molecule has 0 aromatic heterocycles. The summed E-state index contributed by atoms with van der Waals surface area (Å²) >= 11 is 0. The van der Waals surface area contributed by atoms with Crippen molar-refractivity contribution in [1.29, 1.82) is 0 Å². The van der Waals surface area contributed by atoms with Crippen molar-refractivity contribution in [1.82, 2.24) is 0 Å². The molecule has 0 atom stereocenters. The highest BCUT2D eigenvalue weighted by atomic mass is 16.5. The lowest BCUT2D eigenvalue weighted by Gasteiger charge is -2.17. The third-order valence-corrected chi connectivity index (χ3v) is 3.68. The summed E-state index contributed by atoms with van der Waals surface area (Å²) in [5, 5.41) is 9.98. The van der Waals surface area contributed by atoms with Crippen molar-refractivity contribution >= 4 is 0 Å². The highest BCUT2D eigenvalue weighted by Crippen LogP contribution is 2.40. The SMILES string of the molecule is COc1c(C)cc(CC2(O)CC2)c(C)c1C. The van der Waals surface area contributed by atoms with E-state index < -0.39 is 5.60 Å². The van der Waals surface area contributed by atoms with Gasteiger partial charge in [0.2, 0.25) is 0 Å². The van der Waals surface area contributed by atoms with E-state index in [-0.39, 0.29) is 0 Å². The van der Waals surface area contributed by atoms with Crippen molar-refractivity contribution in [3.63, 3.8) is 0 Å². The molecule has 1 aliphatic rings. The molecule has 0 saturated heterocycles. The number of rotatable bonds is 3. The Bertz CT molecular complexity index is 417. The molecule has 1 aromatic carbocycles. The van der Waals surface area contributed by atoms with Crippen LogP contribution in [-0.4, -0.2) is 17.8 Å². The van der Waals surface area contributed by atoms with Crippen LogP contribution in [0.15, 0.2) is 6.07 Å². The summed E-state index contributed by atoms with van der Waals surface area (Å²) in [6.45, 7) is 6.26. The molecule has 16 heavy (non-hydrogen) atoms. The van der Waals surface area contributed by atoms with E-state index in [0.717, 1.165) is 30.6 Å². The molecule has 0 unspecified atom stereocenters. The molecule has 1 N–H and O–H groups in total. The van der Waals surface area contributed by atoms with Crippen LogP contribution in [0.5, 0.6) is 5.75 Å². The number of hydrogen-bond acceptors (Lipinski definition) is 2. The maximum absolute atomic E-state index is 9.98. The topological polar surface area (TPSA) is 29.5 Å². The van der Waals surface area contributed by atoms with Crippen molar-refractivity contribution in [2.45, 2.75) is 45.6 Å². The highest BCUT2D eigenvalue weighted by Gasteiger charge is 2.40. The van der Waals surface area contributed by atoms with Gasteiger partial charge >= 0.3 is 0 Å². The second-order valence-corrected chi connectivity index (χ2v) is 5.04. The van der Waals surface area contributed by atoms with E-state index in [9.17, 15) is 5.11 Å². The predicted molar refractivity (Wildman–Crippen MR) is 65.1 cm³/mol. The summed E-state index contributed by atoms with van der Waals surface area (Å²) in [5.41, 5.74) is 4.45. The second kappa shape index (κ2) is 3.77. The quantitative estimate of drug-likeness (QED) is 0.848. The van der Waals surface area contributed by atoms with Gasteiger partial charge in [0.25, 0.3) is 0 Å². The van der Waals surface area contributed by atoms with E-state index in [2.05, 4.69) is 26.8 Å². The Morgan fingerprint density at radius 2 is 1.88 bits per heavy atom. The minimum atomic E-state index is -0.418. The summed E-state index contributed by atoms with van der Waals surface area (Å²) in [6.07, 6.45) is 2.66. The van der Waals surface area contributed by atoms with Gasteiger partial charge in [0.1, 0.15) is 5.75 Å². The lowest BCUT2D eigenvalue weighted by molar-refractivity contribution is 0.150. The third-order valence-electron chi connectivity index (χ3n) is 3.68. The molecular weight excluding hydrogens is 200 g/mol. The summed E-state index contributed by atoms with van der Waals surface area (Å²) in [7, 11) is 1.71. The Labute approximate surface area is 97.3 Å². The van der Waals surface area contributed by atoms with Crippen LogP contribution in [0, 0.1) is 20.8 Å². The number of ether oxygens (including phenoxy) is 1. The van der Waals surface area contributed by atoms with Gasteiger partial charge in [0.15, 0.2) is 0 Å². The first-order chi connectivity index (χ1) is 7.47. The fourth-order valence-electron chi connectivity index (χ4n) is 2.32. The molecule has 0 heterocycles. The fourth-order valence-corrected chi connectivity index (χ4v) is 2.32. The number of aryl methyl sites for hydroxylation is 1. The zero-order chi connectivity index (χ0) is 11.9. The van der Waals surface area contributed by atoms with E-state index in [1.165, 1.54) is 16.7 Å². The molecule has 0 radical (unpaired) electrons. The normalized spacial score (nSPS) is 17.3. The van der Waals surface area contributed by atoms with Crippen LogP contribution in [0.2, 0.25) is 0 Å². The lowest BCUT2D eigenvalue weighted by Crippen LogP contribution is -2.12. The first kappa shape index (κ1) is 11.5. The molecule has 1 aromatic rings. The molecular formula is C14H20O2. The van der Waals surface area contributed by atoms with Crippen molar-refractivity contribution in [2.75, 3.05) is 7.11 Å². The number of hydrogen-bond donors (Lipinski definition) is 1. The molecule has 1 aliphatic carbocycles. The van der Waals surface area contributed by atoms with Gasteiger partial charge in [-0.1, -0.05) is 6.07 Å². The van der Waals surface area contributed by atoms with E-state index >= 15 is 0 Å². The Hall–Kier alpha value is -1.02. The predicted octanol–water partition coefficient (Wildman–Crippen LogP) is 2.69. The molecule has 0 amide bonds. The van der Waals surface area contributed by atoms with Crippen LogP contribution < -0.4 is 4.74 Å². The summed E-state index contributed by atoms with van der Waals surface area (Å²) in [5.74, 6) is 0.976. The van der Waals surface area contributed by atoms with E-state index in [4.69, 9.17) is 4.74 Å². The van der Waals surface area contributed by atoms with Crippen LogP contribution in [0.3, 0.4) is 0 Å². The Morgan fingerprint density at radius 1 is 1.25 bits per heavy atom. The number of methoxy groups -OCH3 is 1. The number of benzene rings is 1. The minimum absolute atomic E-state index is 0.418. The molecule has 2 heteroatoms. The van der Waals surface area contributed by atoms with Gasteiger partial charge in [-0.05, 0) is 55.9 Å². The molecule has 1 saturated carbocycles. The maximum Gasteiger partial charge on any atom is 0.124 e. The smallest absolute Gasteiger partial charge is 0.124 e. The maximum atomic E-state index is 9.98. The van der Waals surface area contributed by atoms with Gasteiger partial charge < -0.3 is 9.84 Å². The van der Waals surface area contributed by atoms with Crippen molar-refractivity contribution in [3.05, 3.63) is 28.3 Å². The van der Waals surface area contributed by atoms with Gasteiger partial charge in [-0.2, -0.15) is 0 Å². The third kappa shape index (κ3) is 1.94. The molecule has 1 fully saturated rings. The van der Waals surface area contributed by atoms with Gasteiger partial charge in [0, 0.05) is 6.42 Å². The van der Waals surface area contributed by atoms with E-state index in [0.29, 0.717) is 0 Å². The zero-order valence-corrected chi connectivity index (χ0v) is 10.6. The van der Waals surface area contributed by atoms with Crippen molar-refractivity contribution in [3.8, 4) is 5.75 Å². The van der Waals surface area contributed by atoms with Crippen LogP contribution in [-0.2, 0) is 6.42 Å². The molecule has 2 nitrogen and oxygen atoms in total. The first-order valence-corrected chi connectivity index (χ1v) is 5.83. The first-order valence-electron chi connectivity index (χ1n) is 5.83. The van der Waals surface area contributed by atoms with Crippen LogP contribution in [0.4, 0.5) is 0 Å². The molecule has 0 aliphatic heterocycles. The standard InChI is InChI=1S/C14H20O2/c1-9-7-12(8-14(15)5-6-14)10(2)11(3)13(9)16-4/h7,15H,5-6,8H2,1-4H3. The Balaban J connectivity index is 2.39. The van der Waals surface area contributed by atoms with Gasteiger partial charge in [-0.25, -0.2) is 0 Å². The molecule has 0 spiro atoms. The van der Waals surface area contributed by atoms with Crippen LogP contribution in [0.25, 0.3) is 0 Å². The highest BCUT2D eigenvalue weighted by molar-refractivity contribution is 5.49. The van der Waals surface area contributed by atoms with E-state index in [1.54, 1.807) is 7.11 Å². The summed E-state index contributed by atoms with van der Waals surface area (Å²) in [4.78, 5) is 0. The minimum Gasteiger partial charge on any atom is -0.496 e. The second-order valence-electron chi connectivity index (χ2n) is 5.04. The van der Waals surface area contributed by atoms with Crippen LogP contribution >= 0.6 is 0 Å². The average molecular weight is 220 g/mol. The summed E-state index contributed by atoms with van der Waals surface area (Å²) in [6, 6.07) is 2.15. The lowest BCUT2D eigenvalue weighted by atomic mass is 9.94. The van der Waals surface area contributed by atoms with Gasteiger partial charge in [0.05, 0.1) is 12.7 Å². The monoisotopic (exact) mass is 220 g/mol. The molecule has 0 bridgehead atoms. The zero-order valence-electron chi connectivity index (χ0n) is 10.6. The van der Waals surface area contributed by atoms with Crippen molar-refractivity contribution in [2.24, 2.45) is 0 Å². The number of aliphatic hydroxyl groups is 1. The van der Waals surface area contributed by atoms with Crippen LogP contribution in [0.1, 0.15) is 35.1 Å². The molecule has 2 rings (SSSR count). The largest absolute Gasteiger partial charge is 0.496 e. The Morgan fingerprint density at radius 3 is 2.38 bits per heavy atom. The fraction of sp³-hybridized carbons (Fsp3) is 0.571. The molecule has 88 valence electrons.